The molecule has 26 heavy (non-hydrogen) atoms. The first-order valence-corrected chi connectivity index (χ1v) is 9.73. The number of amides is 2. The number of carbonyl (C=O) groups is 1. The topological polar surface area (TPSA) is 35.6 Å². The van der Waals surface area contributed by atoms with Crippen molar-refractivity contribution in [2.75, 3.05) is 25.0 Å². The smallest absolute Gasteiger partial charge is 0.310 e. The van der Waals surface area contributed by atoms with Crippen LogP contribution in [0.15, 0.2) is 54.6 Å². The molecule has 2 aliphatic heterocycles. The fraction of sp³-hybridized carbons (Fsp3) is 0.409. The molecule has 2 aromatic carbocycles. The maximum atomic E-state index is 13.0. The van der Waals surface area contributed by atoms with Crippen molar-refractivity contribution in [3.8, 4) is 0 Å². The Bertz CT molecular complexity index is 753. The molecule has 1 saturated heterocycles. The van der Waals surface area contributed by atoms with Gasteiger partial charge in [0.05, 0.1) is 6.04 Å². The monoisotopic (exact) mass is 349 g/mol. The summed E-state index contributed by atoms with van der Waals surface area (Å²) in [5.41, 5.74) is 3.31. The van der Waals surface area contributed by atoms with Crippen LogP contribution in [0.1, 0.15) is 43.4 Å². The van der Waals surface area contributed by atoms with Gasteiger partial charge < -0.3 is 15.1 Å². The number of nitrogens with zero attached hydrogens (tertiary/aromatic N) is 2. The van der Waals surface area contributed by atoms with E-state index in [0.29, 0.717) is 0 Å². The van der Waals surface area contributed by atoms with Gasteiger partial charge in [-0.3, -0.25) is 0 Å². The number of carbonyl (C=O) groups excluding carboxylic acids is 1. The summed E-state index contributed by atoms with van der Waals surface area (Å²) in [4.78, 5) is 17.7. The molecule has 4 rings (SSSR count). The van der Waals surface area contributed by atoms with Crippen LogP contribution in [0.25, 0.3) is 0 Å². The van der Waals surface area contributed by atoms with Gasteiger partial charge in [-0.25, -0.2) is 4.79 Å². The second-order valence-electron chi connectivity index (χ2n) is 7.31. The van der Waals surface area contributed by atoms with Crippen LogP contribution in [0.2, 0.25) is 0 Å². The summed E-state index contributed by atoms with van der Waals surface area (Å²) in [5.74, 6) is 0. The number of piperidine rings is 1. The maximum absolute atomic E-state index is 13.0. The van der Waals surface area contributed by atoms with E-state index in [2.05, 4.69) is 58.4 Å². The zero-order chi connectivity index (χ0) is 17.9. The summed E-state index contributed by atoms with van der Waals surface area (Å²) >= 11 is 0. The molecule has 0 radical (unpaired) electrons. The highest BCUT2D eigenvalue weighted by Gasteiger charge is 2.38. The Balaban J connectivity index is 1.67. The van der Waals surface area contributed by atoms with Gasteiger partial charge in [-0.05, 0) is 37.4 Å². The van der Waals surface area contributed by atoms with Crippen LogP contribution in [-0.2, 0) is 0 Å². The average molecular weight is 349 g/mol. The Kier molecular flexibility index (Phi) is 4.93. The van der Waals surface area contributed by atoms with Gasteiger partial charge in [-0.2, -0.15) is 0 Å². The van der Waals surface area contributed by atoms with Crippen LogP contribution in [0.5, 0.6) is 0 Å². The van der Waals surface area contributed by atoms with Gasteiger partial charge in [-0.15, -0.1) is 0 Å². The molecular formula is C22H27N3O. The molecule has 2 amide bonds. The van der Waals surface area contributed by atoms with Crippen LogP contribution < -0.4 is 5.32 Å². The number of benzene rings is 2. The zero-order valence-electron chi connectivity index (χ0n) is 15.4. The van der Waals surface area contributed by atoms with Gasteiger partial charge >= 0.3 is 6.03 Å². The summed E-state index contributed by atoms with van der Waals surface area (Å²) in [6, 6.07) is 18.9. The molecule has 2 heterocycles. The number of fused-ring (bicyclic) bond motifs is 1. The highest BCUT2D eigenvalue weighted by Crippen LogP contribution is 2.40. The number of likely N-dealkylation sites (tertiary alicyclic amines) is 1. The summed E-state index contributed by atoms with van der Waals surface area (Å²) in [5, 5.41) is 3.12. The second kappa shape index (κ2) is 7.50. The number of urea groups is 1. The normalized spacial score (nSPS) is 21.3. The standard InChI is InChI=1S/C22H27N3O/c1-2-14-24-15-12-18(13-16-24)25-21(17-8-4-3-5-9-17)19-10-6-7-11-20(19)23-22(25)26/h3-11,18,21H,2,12-16H2,1H3,(H,23,26). The molecule has 0 spiro atoms. The van der Waals surface area contributed by atoms with Crippen molar-refractivity contribution in [2.45, 2.75) is 38.3 Å². The minimum Gasteiger partial charge on any atom is -0.310 e. The van der Waals surface area contributed by atoms with Gasteiger partial charge in [0.2, 0.25) is 0 Å². The van der Waals surface area contributed by atoms with Gasteiger partial charge in [0.15, 0.2) is 0 Å². The van der Waals surface area contributed by atoms with E-state index >= 15 is 0 Å². The van der Waals surface area contributed by atoms with Crippen molar-refractivity contribution in [1.82, 2.24) is 9.80 Å². The molecule has 0 aromatic heterocycles. The number of hydrogen-bond acceptors (Lipinski definition) is 2. The van der Waals surface area contributed by atoms with Crippen molar-refractivity contribution in [1.29, 1.82) is 0 Å². The lowest BCUT2D eigenvalue weighted by atomic mass is 9.90. The average Bonchev–Trinajstić information content (AvgIpc) is 2.69. The summed E-state index contributed by atoms with van der Waals surface area (Å²) in [6.45, 7) is 5.54. The molecule has 0 bridgehead atoms. The molecule has 2 aliphatic rings. The van der Waals surface area contributed by atoms with Crippen molar-refractivity contribution >= 4 is 11.7 Å². The van der Waals surface area contributed by atoms with Crippen LogP contribution in [0.3, 0.4) is 0 Å². The largest absolute Gasteiger partial charge is 0.322 e. The van der Waals surface area contributed by atoms with Crippen LogP contribution >= 0.6 is 0 Å². The molecular weight excluding hydrogens is 322 g/mol. The summed E-state index contributed by atoms with van der Waals surface area (Å²) in [6.07, 6.45) is 3.27. The number of para-hydroxylation sites is 1. The number of nitrogens with one attached hydrogen (secondary N) is 1. The van der Waals surface area contributed by atoms with Crippen LogP contribution in [0.4, 0.5) is 10.5 Å². The predicted octanol–water partition coefficient (Wildman–Crippen LogP) is 4.50. The van der Waals surface area contributed by atoms with Crippen LogP contribution in [0, 0.1) is 0 Å². The van der Waals surface area contributed by atoms with Crippen molar-refractivity contribution in [3.63, 3.8) is 0 Å². The van der Waals surface area contributed by atoms with Crippen LogP contribution in [-0.4, -0.2) is 41.5 Å². The van der Waals surface area contributed by atoms with E-state index in [4.69, 9.17) is 0 Å². The van der Waals surface area contributed by atoms with Gasteiger partial charge in [-0.1, -0.05) is 55.5 Å². The minimum absolute atomic E-state index is 0.0103. The SMILES string of the molecule is CCCN1CCC(N2C(=O)Nc3ccccc3C2c2ccccc2)CC1. The summed E-state index contributed by atoms with van der Waals surface area (Å²) < 4.78 is 0. The number of rotatable bonds is 4. The van der Waals surface area contributed by atoms with Gasteiger partial charge in [0, 0.05) is 30.4 Å². The predicted molar refractivity (Wildman–Crippen MR) is 105 cm³/mol. The third kappa shape index (κ3) is 3.21. The Morgan fingerprint density at radius 1 is 1.00 bits per heavy atom. The van der Waals surface area contributed by atoms with E-state index < -0.39 is 0 Å². The van der Waals surface area contributed by atoms with E-state index in [1.165, 1.54) is 17.5 Å². The van der Waals surface area contributed by atoms with Crippen molar-refractivity contribution < 1.29 is 4.79 Å². The minimum atomic E-state index is -0.0103. The first-order chi connectivity index (χ1) is 12.8. The molecule has 0 aliphatic carbocycles. The van der Waals surface area contributed by atoms with E-state index in [1.54, 1.807) is 0 Å². The fourth-order valence-corrected chi connectivity index (χ4v) is 4.39. The summed E-state index contributed by atoms with van der Waals surface area (Å²) in [7, 11) is 0. The lowest BCUT2D eigenvalue weighted by Gasteiger charge is -2.45. The van der Waals surface area contributed by atoms with Gasteiger partial charge in [0.25, 0.3) is 0 Å². The maximum Gasteiger partial charge on any atom is 0.322 e. The van der Waals surface area contributed by atoms with E-state index in [1.807, 2.05) is 18.2 Å². The number of hydrogen-bond donors (Lipinski definition) is 1. The zero-order valence-corrected chi connectivity index (χ0v) is 15.4. The number of anilines is 1. The molecule has 2 aromatic rings. The first-order valence-electron chi connectivity index (χ1n) is 9.73. The lowest BCUT2D eigenvalue weighted by Crippen LogP contribution is -2.52. The van der Waals surface area contributed by atoms with E-state index in [9.17, 15) is 4.79 Å². The molecule has 0 saturated carbocycles. The Hall–Kier alpha value is -2.33. The third-order valence-corrected chi connectivity index (χ3v) is 5.62. The highest BCUT2D eigenvalue weighted by atomic mass is 16.2. The molecule has 136 valence electrons. The molecule has 1 fully saturated rings. The molecule has 4 heteroatoms. The molecule has 4 nitrogen and oxygen atoms in total. The van der Waals surface area contributed by atoms with Crippen molar-refractivity contribution in [2.24, 2.45) is 0 Å². The fourth-order valence-electron chi connectivity index (χ4n) is 4.39. The third-order valence-electron chi connectivity index (χ3n) is 5.62. The highest BCUT2D eigenvalue weighted by molar-refractivity contribution is 5.93. The van der Waals surface area contributed by atoms with Gasteiger partial charge in [0.1, 0.15) is 0 Å². The molecule has 1 atom stereocenters. The quantitative estimate of drug-likeness (QED) is 0.882. The Labute approximate surface area is 155 Å². The molecule has 1 unspecified atom stereocenters. The van der Waals surface area contributed by atoms with E-state index in [0.717, 1.165) is 38.2 Å². The second-order valence-corrected chi connectivity index (χ2v) is 7.31. The Morgan fingerprint density at radius 2 is 1.69 bits per heavy atom. The molecule has 1 N–H and O–H groups in total. The Morgan fingerprint density at radius 3 is 2.42 bits per heavy atom. The van der Waals surface area contributed by atoms with E-state index in [-0.39, 0.29) is 18.1 Å². The first kappa shape index (κ1) is 17.1. The van der Waals surface area contributed by atoms with Crippen molar-refractivity contribution in [3.05, 3.63) is 65.7 Å². The lowest BCUT2D eigenvalue weighted by molar-refractivity contribution is 0.109.